The molecule has 0 nitrogen and oxygen atoms in total. The molecule has 1 unspecified atom stereocenters. The second-order valence-corrected chi connectivity index (χ2v) is 6.46. The summed E-state index contributed by atoms with van der Waals surface area (Å²) in [6.45, 7) is 31.5. The highest BCUT2D eigenvalue weighted by Crippen LogP contribution is 2.15. The summed E-state index contributed by atoms with van der Waals surface area (Å²) in [5.74, 6) is 0.586. The third-order valence-corrected chi connectivity index (χ3v) is 3.85. The molecule has 0 saturated heterocycles. The molecule has 0 N–H and O–H groups in total. The molecule has 0 aliphatic carbocycles. The first kappa shape index (κ1) is 29.0. The predicted octanol–water partition coefficient (Wildman–Crippen LogP) is 8.89. The summed E-state index contributed by atoms with van der Waals surface area (Å²) < 4.78 is 0. The van der Waals surface area contributed by atoms with Crippen molar-refractivity contribution < 1.29 is 0 Å². The van der Waals surface area contributed by atoms with Crippen LogP contribution in [0.4, 0.5) is 0 Å². The maximum atomic E-state index is 3.97. The Balaban J connectivity index is -0.000000341. The van der Waals surface area contributed by atoms with Crippen molar-refractivity contribution >= 4 is 0 Å². The standard InChI is InChI=1S/C13H18.C6H10.C5H10.C2H6/c1-10(2)12(4)9-13-7-5-11(3)6-8-13;1-4-6(3)5-2;1-4-5(2)3;1-2/h5-8,12H,1,9H2,2-4H3;4H,1,3,5H2,2H3;2,4H2,1,3H3;1-2H3. The average molecular weight is 357 g/mol. The highest BCUT2D eigenvalue weighted by atomic mass is 14.1. The maximum absolute atomic E-state index is 3.97. The summed E-state index contributed by atoms with van der Waals surface area (Å²) in [6.07, 6.45) is 5.01. The van der Waals surface area contributed by atoms with Crippen molar-refractivity contribution in [3.05, 3.63) is 84.5 Å². The van der Waals surface area contributed by atoms with Crippen LogP contribution >= 0.6 is 0 Å². The summed E-state index contributed by atoms with van der Waals surface area (Å²) in [5, 5.41) is 0. The highest BCUT2D eigenvalue weighted by molar-refractivity contribution is 5.22. The lowest BCUT2D eigenvalue weighted by atomic mass is 9.95. The normalized spacial score (nSPS) is 9.69. The monoisotopic (exact) mass is 356 g/mol. The minimum atomic E-state index is 0.586. The largest absolute Gasteiger partial charge is 0.100 e. The summed E-state index contributed by atoms with van der Waals surface area (Å²) in [6, 6.07) is 8.74. The molecule has 0 radical (unpaired) electrons. The Morgan fingerprint density at radius 1 is 0.962 bits per heavy atom. The first-order valence-corrected chi connectivity index (χ1v) is 9.83. The third-order valence-electron chi connectivity index (χ3n) is 3.85. The molecule has 0 spiro atoms. The first-order chi connectivity index (χ1) is 12.2. The van der Waals surface area contributed by atoms with Gasteiger partial charge in [0.25, 0.3) is 0 Å². The Labute approximate surface area is 165 Å². The van der Waals surface area contributed by atoms with Crippen molar-refractivity contribution in [3.8, 4) is 0 Å². The van der Waals surface area contributed by atoms with Gasteiger partial charge in [-0.3, -0.25) is 0 Å². The van der Waals surface area contributed by atoms with Crippen LogP contribution in [-0.2, 0) is 6.42 Å². The SMILES string of the molecule is C=C(C)C(C)Cc1ccc(C)cc1.C=C(C)CC.C=CC(=C)CC.CC. The molecule has 0 bridgehead atoms. The van der Waals surface area contributed by atoms with Gasteiger partial charge in [0, 0.05) is 0 Å². The highest BCUT2D eigenvalue weighted by Gasteiger charge is 2.03. The van der Waals surface area contributed by atoms with Crippen molar-refractivity contribution in [3.63, 3.8) is 0 Å². The van der Waals surface area contributed by atoms with Crippen molar-refractivity contribution in [2.45, 2.75) is 74.7 Å². The van der Waals surface area contributed by atoms with Crippen molar-refractivity contribution in [1.29, 1.82) is 0 Å². The van der Waals surface area contributed by atoms with Crippen LogP contribution in [0.1, 0.15) is 72.4 Å². The maximum Gasteiger partial charge on any atom is -0.0197 e. The van der Waals surface area contributed by atoms with E-state index < -0.39 is 0 Å². The van der Waals surface area contributed by atoms with Crippen LogP contribution in [0.5, 0.6) is 0 Å². The van der Waals surface area contributed by atoms with Gasteiger partial charge in [0.15, 0.2) is 0 Å². The van der Waals surface area contributed by atoms with Crippen LogP contribution in [0.3, 0.4) is 0 Å². The number of rotatable bonds is 6. The van der Waals surface area contributed by atoms with E-state index in [1.54, 1.807) is 6.08 Å². The summed E-state index contributed by atoms with van der Waals surface area (Å²) in [7, 11) is 0. The lowest BCUT2D eigenvalue weighted by molar-refractivity contribution is 0.680. The topological polar surface area (TPSA) is 0 Å². The zero-order valence-electron chi connectivity index (χ0n) is 18.9. The molecular weight excluding hydrogens is 312 g/mol. The summed E-state index contributed by atoms with van der Waals surface area (Å²) >= 11 is 0. The Hall–Kier alpha value is -1.82. The Kier molecular flexibility index (Phi) is 21.7. The zero-order valence-corrected chi connectivity index (χ0v) is 18.9. The van der Waals surface area contributed by atoms with E-state index in [2.05, 4.69) is 85.2 Å². The fourth-order valence-electron chi connectivity index (χ4n) is 1.40. The first-order valence-electron chi connectivity index (χ1n) is 9.83. The van der Waals surface area contributed by atoms with Gasteiger partial charge in [0.1, 0.15) is 0 Å². The van der Waals surface area contributed by atoms with E-state index in [0.717, 1.165) is 24.8 Å². The molecule has 0 saturated carbocycles. The van der Waals surface area contributed by atoms with Gasteiger partial charge < -0.3 is 0 Å². The van der Waals surface area contributed by atoms with E-state index in [9.17, 15) is 0 Å². The molecule has 0 fully saturated rings. The second kappa shape index (κ2) is 19.5. The van der Waals surface area contributed by atoms with Crippen molar-refractivity contribution in [2.24, 2.45) is 5.92 Å². The molecule has 1 aromatic carbocycles. The molecule has 0 aromatic heterocycles. The van der Waals surface area contributed by atoms with E-state index in [0.29, 0.717) is 5.92 Å². The second-order valence-electron chi connectivity index (χ2n) is 6.46. The molecule has 1 aromatic rings. The molecule has 0 amide bonds. The van der Waals surface area contributed by atoms with Gasteiger partial charge >= 0.3 is 0 Å². The van der Waals surface area contributed by atoms with Crippen molar-refractivity contribution in [1.82, 2.24) is 0 Å². The van der Waals surface area contributed by atoms with Crippen LogP contribution < -0.4 is 0 Å². The fraction of sp³-hybridized carbons (Fsp3) is 0.462. The van der Waals surface area contributed by atoms with Gasteiger partial charge in [-0.15, -0.1) is 6.58 Å². The minimum absolute atomic E-state index is 0.586. The zero-order chi connectivity index (χ0) is 21.1. The minimum Gasteiger partial charge on any atom is -0.100 e. The van der Waals surface area contributed by atoms with Gasteiger partial charge in [-0.2, -0.15) is 0 Å². The molecule has 1 rings (SSSR count). The fourth-order valence-corrected chi connectivity index (χ4v) is 1.40. The number of allylic oxidation sites excluding steroid dienone is 4. The molecule has 0 aliphatic heterocycles. The quantitative estimate of drug-likeness (QED) is 0.352. The van der Waals surface area contributed by atoms with Crippen molar-refractivity contribution in [2.75, 3.05) is 0 Å². The Bertz CT molecular complexity index is 499. The summed E-state index contributed by atoms with van der Waals surface area (Å²) in [4.78, 5) is 0. The van der Waals surface area contributed by atoms with E-state index in [-0.39, 0.29) is 0 Å². The van der Waals surface area contributed by atoms with Crippen LogP contribution in [-0.4, -0.2) is 0 Å². The Morgan fingerprint density at radius 2 is 1.38 bits per heavy atom. The molecular formula is C26H44. The summed E-state index contributed by atoms with van der Waals surface area (Å²) in [5.41, 5.74) is 6.36. The smallest absolute Gasteiger partial charge is 0.0197 e. The lowest BCUT2D eigenvalue weighted by Crippen LogP contribution is -1.99. The van der Waals surface area contributed by atoms with Gasteiger partial charge in [-0.25, -0.2) is 0 Å². The molecule has 1 atom stereocenters. The van der Waals surface area contributed by atoms with Gasteiger partial charge in [0.05, 0.1) is 0 Å². The predicted molar refractivity (Wildman–Crippen MR) is 125 cm³/mol. The number of benzene rings is 1. The van der Waals surface area contributed by atoms with Crippen LogP contribution in [0.25, 0.3) is 0 Å². The number of hydrogen-bond donors (Lipinski definition) is 0. The van der Waals surface area contributed by atoms with E-state index in [1.165, 1.54) is 22.3 Å². The van der Waals surface area contributed by atoms with Gasteiger partial charge in [-0.05, 0) is 51.5 Å². The van der Waals surface area contributed by atoms with E-state index >= 15 is 0 Å². The molecule has 148 valence electrons. The lowest BCUT2D eigenvalue weighted by Gasteiger charge is -2.10. The van der Waals surface area contributed by atoms with E-state index in [1.807, 2.05) is 20.8 Å². The average Bonchev–Trinajstić information content (AvgIpc) is 2.65. The molecule has 0 aliphatic rings. The van der Waals surface area contributed by atoms with Crippen LogP contribution in [0, 0.1) is 12.8 Å². The van der Waals surface area contributed by atoms with Gasteiger partial charge in [-0.1, -0.05) is 107 Å². The van der Waals surface area contributed by atoms with E-state index in [4.69, 9.17) is 0 Å². The van der Waals surface area contributed by atoms with Gasteiger partial charge in [0.2, 0.25) is 0 Å². The third kappa shape index (κ3) is 20.2. The number of aryl methyl sites for hydroxylation is 1. The molecule has 26 heavy (non-hydrogen) atoms. The molecule has 0 heteroatoms. The van der Waals surface area contributed by atoms with Crippen LogP contribution in [0.15, 0.2) is 73.4 Å². The molecule has 0 heterocycles. The Morgan fingerprint density at radius 3 is 1.62 bits per heavy atom. The number of hydrogen-bond acceptors (Lipinski definition) is 0. The van der Waals surface area contributed by atoms with Crippen LogP contribution in [0.2, 0.25) is 0 Å².